The number of rotatable bonds is 5. The van der Waals surface area contributed by atoms with Gasteiger partial charge in [-0.05, 0) is 60.3 Å². The van der Waals surface area contributed by atoms with E-state index < -0.39 is 0 Å². The van der Waals surface area contributed by atoms with Gasteiger partial charge in [-0.25, -0.2) is 0 Å². The minimum Gasteiger partial charge on any atom is -0.465 e. The average Bonchev–Trinajstić information content (AvgIpc) is 3.04. The quantitative estimate of drug-likeness (QED) is 0.684. The molecule has 1 aliphatic carbocycles. The Morgan fingerprint density at radius 1 is 0.969 bits per heavy atom. The maximum Gasteiger partial charge on any atom is 0.292 e. The minimum absolute atomic E-state index is 0.196. The molecule has 5 heteroatoms. The van der Waals surface area contributed by atoms with Gasteiger partial charge in [-0.15, -0.1) is 0 Å². The second-order valence-corrected chi connectivity index (χ2v) is 10.9. The molecule has 0 amide bonds. The largest absolute Gasteiger partial charge is 0.465 e. The van der Waals surface area contributed by atoms with Gasteiger partial charge < -0.3 is 14.7 Å². The number of unbranched alkanes of at least 4 members (excludes halogenated alkanes) is 1. The average molecular weight is 440 g/mol. The van der Waals surface area contributed by atoms with E-state index in [1.807, 2.05) is 0 Å². The first-order chi connectivity index (χ1) is 15.3. The van der Waals surface area contributed by atoms with Gasteiger partial charge in [0.05, 0.1) is 12.3 Å². The van der Waals surface area contributed by atoms with Crippen LogP contribution >= 0.6 is 0 Å². The van der Waals surface area contributed by atoms with E-state index in [1.165, 1.54) is 29.5 Å². The van der Waals surface area contributed by atoms with E-state index in [4.69, 9.17) is 14.8 Å². The lowest BCUT2D eigenvalue weighted by atomic mass is 9.63. The van der Waals surface area contributed by atoms with Crippen LogP contribution in [-0.4, -0.2) is 66.9 Å². The smallest absolute Gasteiger partial charge is 0.292 e. The molecule has 1 saturated heterocycles. The fourth-order valence-electron chi connectivity index (χ4n) is 5.23. The molecule has 3 aliphatic rings. The summed E-state index contributed by atoms with van der Waals surface area (Å²) < 4.78 is 6.09. The van der Waals surface area contributed by atoms with Crippen molar-refractivity contribution in [2.45, 2.75) is 70.6 Å². The molecule has 0 radical (unpaired) electrons. The Bertz CT molecular complexity index is 864. The fourth-order valence-corrected chi connectivity index (χ4v) is 5.23. The van der Waals surface area contributed by atoms with Crippen molar-refractivity contribution < 1.29 is 9.84 Å². The van der Waals surface area contributed by atoms with Crippen LogP contribution in [0.25, 0.3) is 5.70 Å². The van der Waals surface area contributed by atoms with Crippen LogP contribution in [0.2, 0.25) is 0 Å². The molecule has 5 nitrogen and oxygen atoms in total. The predicted octanol–water partition coefficient (Wildman–Crippen LogP) is 4.54. The molecule has 0 spiro atoms. The summed E-state index contributed by atoms with van der Waals surface area (Å²) >= 11 is 0. The van der Waals surface area contributed by atoms with Crippen molar-refractivity contribution in [3.8, 4) is 0 Å². The Kier molecular flexibility index (Phi) is 6.97. The Labute approximate surface area is 194 Å². The highest BCUT2D eigenvalue weighted by Gasteiger charge is 2.37. The third kappa shape index (κ3) is 5.04. The third-order valence-electron chi connectivity index (χ3n) is 7.58. The fraction of sp³-hybridized carbons (Fsp3) is 0.667. The summed E-state index contributed by atoms with van der Waals surface area (Å²) in [6.07, 6.45) is 7.52. The van der Waals surface area contributed by atoms with Gasteiger partial charge >= 0.3 is 0 Å². The predicted molar refractivity (Wildman–Crippen MR) is 132 cm³/mol. The van der Waals surface area contributed by atoms with Crippen molar-refractivity contribution in [3.63, 3.8) is 0 Å². The summed E-state index contributed by atoms with van der Waals surface area (Å²) in [5.74, 6) is 0. The van der Waals surface area contributed by atoms with Crippen LogP contribution in [0.4, 0.5) is 0 Å². The van der Waals surface area contributed by atoms with Crippen LogP contribution in [0.5, 0.6) is 0 Å². The molecule has 176 valence electrons. The van der Waals surface area contributed by atoms with Gasteiger partial charge in [0.2, 0.25) is 0 Å². The van der Waals surface area contributed by atoms with Crippen molar-refractivity contribution in [2.24, 2.45) is 4.99 Å². The minimum atomic E-state index is 0.196. The Hall–Kier alpha value is -1.85. The molecule has 0 bridgehead atoms. The van der Waals surface area contributed by atoms with Crippen molar-refractivity contribution >= 4 is 11.7 Å². The zero-order chi connectivity index (χ0) is 22.8. The first-order valence-electron chi connectivity index (χ1n) is 12.5. The van der Waals surface area contributed by atoms with Crippen LogP contribution in [0, 0.1) is 0 Å². The normalized spacial score (nSPS) is 23.0. The number of amidine groups is 1. The molecular formula is C27H41N3O2. The van der Waals surface area contributed by atoms with E-state index in [0.717, 1.165) is 63.7 Å². The second kappa shape index (κ2) is 9.56. The maximum absolute atomic E-state index is 9.01. The Balaban J connectivity index is 1.52. The summed E-state index contributed by atoms with van der Waals surface area (Å²) in [5, 5.41) is 9.01. The van der Waals surface area contributed by atoms with Gasteiger partial charge in [0.25, 0.3) is 6.02 Å². The Morgan fingerprint density at radius 3 is 2.41 bits per heavy atom. The van der Waals surface area contributed by atoms with Gasteiger partial charge in [-0.1, -0.05) is 45.9 Å². The molecule has 0 unspecified atom stereocenters. The number of hydrogen-bond donors (Lipinski definition) is 1. The van der Waals surface area contributed by atoms with Gasteiger partial charge in [-0.2, -0.15) is 4.99 Å². The number of aliphatic imine (C=N–C) groups is 1. The lowest BCUT2D eigenvalue weighted by molar-refractivity contribution is 0.145. The zero-order valence-corrected chi connectivity index (χ0v) is 20.5. The number of nitrogens with zero attached hydrogens (tertiary/aromatic N) is 3. The maximum atomic E-state index is 9.01. The molecule has 2 aliphatic heterocycles. The number of ether oxygens (including phenoxy) is 1. The highest BCUT2D eigenvalue weighted by atomic mass is 16.5. The van der Waals surface area contributed by atoms with Crippen LogP contribution in [0.15, 0.2) is 29.3 Å². The van der Waals surface area contributed by atoms with Gasteiger partial charge in [-0.3, -0.25) is 4.90 Å². The molecule has 1 fully saturated rings. The molecule has 0 saturated carbocycles. The Morgan fingerprint density at radius 2 is 1.69 bits per heavy atom. The van der Waals surface area contributed by atoms with E-state index in [9.17, 15) is 0 Å². The zero-order valence-electron chi connectivity index (χ0n) is 20.5. The number of fused-ring (bicyclic) bond motifs is 1. The summed E-state index contributed by atoms with van der Waals surface area (Å²) in [5.41, 5.74) is 5.65. The molecule has 32 heavy (non-hydrogen) atoms. The van der Waals surface area contributed by atoms with Crippen molar-refractivity contribution in [1.29, 1.82) is 0 Å². The van der Waals surface area contributed by atoms with E-state index in [1.54, 1.807) is 0 Å². The molecule has 1 aromatic rings. The second-order valence-electron chi connectivity index (χ2n) is 10.9. The van der Waals surface area contributed by atoms with Crippen LogP contribution in [0.1, 0.15) is 76.5 Å². The van der Waals surface area contributed by atoms with Crippen LogP contribution < -0.4 is 0 Å². The van der Waals surface area contributed by atoms with Crippen LogP contribution in [0.3, 0.4) is 0 Å². The lowest BCUT2D eigenvalue weighted by Crippen LogP contribution is -2.49. The number of hydrogen-bond acceptors (Lipinski definition) is 5. The van der Waals surface area contributed by atoms with E-state index in [2.05, 4.69) is 61.8 Å². The molecule has 4 rings (SSSR count). The summed E-state index contributed by atoms with van der Waals surface area (Å²) in [4.78, 5) is 9.81. The standard InChI is InChI=1S/C27H41N3O2/c1-26(2)11-12-27(3,4)23-20-21(9-10-22(23)26)24-8-7-19-32-25(28-24)30-16-14-29(15-17-30)13-5-6-18-31/h8-10,20,31H,5-7,11-19H2,1-4H3. The van der Waals surface area contributed by atoms with Crippen molar-refractivity contribution in [2.75, 3.05) is 45.9 Å². The van der Waals surface area contributed by atoms with Crippen molar-refractivity contribution in [1.82, 2.24) is 9.80 Å². The lowest BCUT2D eigenvalue weighted by Gasteiger charge is -2.42. The summed E-state index contributed by atoms with van der Waals surface area (Å²) in [6.45, 7) is 15.5. The third-order valence-corrected chi connectivity index (χ3v) is 7.58. The summed E-state index contributed by atoms with van der Waals surface area (Å²) in [7, 11) is 0. The van der Waals surface area contributed by atoms with E-state index >= 15 is 0 Å². The number of benzene rings is 1. The van der Waals surface area contributed by atoms with Gasteiger partial charge in [0, 0.05) is 44.8 Å². The highest BCUT2D eigenvalue weighted by Crippen LogP contribution is 2.46. The first kappa shape index (κ1) is 23.3. The van der Waals surface area contributed by atoms with Crippen LogP contribution in [-0.2, 0) is 15.6 Å². The molecule has 0 atom stereocenters. The van der Waals surface area contributed by atoms with E-state index in [0.29, 0.717) is 6.61 Å². The highest BCUT2D eigenvalue weighted by molar-refractivity contribution is 5.83. The topological polar surface area (TPSA) is 48.3 Å². The molecule has 2 heterocycles. The number of aliphatic hydroxyl groups is 1. The van der Waals surface area contributed by atoms with Crippen molar-refractivity contribution in [3.05, 3.63) is 41.0 Å². The molecule has 1 aromatic carbocycles. The monoisotopic (exact) mass is 439 g/mol. The number of aliphatic hydroxyl groups excluding tert-OH is 1. The SMILES string of the molecule is CC1(C)CCC(C)(C)c2cc(C3=CCCOC(N4CCN(CCCCO)CC4)=N3)ccc21. The molecule has 1 N–H and O–H groups in total. The molecular weight excluding hydrogens is 398 g/mol. The summed E-state index contributed by atoms with van der Waals surface area (Å²) in [6, 6.07) is 7.78. The van der Waals surface area contributed by atoms with E-state index in [-0.39, 0.29) is 17.4 Å². The van der Waals surface area contributed by atoms with Gasteiger partial charge in [0.1, 0.15) is 0 Å². The molecule has 0 aromatic heterocycles. The first-order valence-corrected chi connectivity index (χ1v) is 12.5. The van der Waals surface area contributed by atoms with Gasteiger partial charge in [0.15, 0.2) is 0 Å². The number of piperazine rings is 1.